The van der Waals surface area contributed by atoms with Crippen molar-refractivity contribution in [1.29, 1.82) is 0 Å². The van der Waals surface area contributed by atoms with E-state index in [9.17, 15) is 0 Å². The van der Waals surface area contributed by atoms with E-state index in [0.29, 0.717) is 10.0 Å². The quantitative estimate of drug-likeness (QED) is 0.635. The number of benzene rings is 2. The molecule has 0 spiro atoms. The maximum absolute atomic E-state index is 6.08. The van der Waals surface area contributed by atoms with Gasteiger partial charge in [0.15, 0.2) is 0 Å². The Kier molecular flexibility index (Phi) is 5.48. The largest absolute Gasteiger partial charge is 0.491 e. The molecule has 0 aromatic heterocycles. The van der Waals surface area contributed by atoms with Crippen molar-refractivity contribution in [3.63, 3.8) is 0 Å². The summed E-state index contributed by atoms with van der Waals surface area (Å²) in [6, 6.07) is 13.1. The van der Waals surface area contributed by atoms with Crippen molar-refractivity contribution in [2.45, 2.75) is 26.0 Å². The average Bonchev–Trinajstić information content (AvgIpc) is 2.43. The third kappa shape index (κ3) is 4.11. The van der Waals surface area contributed by atoms with E-state index >= 15 is 0 Å². The van der Waals surface area contributed by atoms with Gasteiger partial charge in [-0.05, 0) is 49.2 Å². The van der Waals surface area contributed by atoms with E-state index in [-0.39, 0.29) is 12.1 Å². The van der Waals surface area contributed by atoms with Crippen molar-refractivity contribution >= 4 is 23.2 Å². The number of halogens is 2. The highest BCUT2D eigenvalue weighted by atomic mass is 35.5. The highest BCUT2D eigenvalue weighted by Crippen LogP contribution is 2.30. The monoisotopic (exact) mass is 324 g/mol. The van der Waals surface area contributed by atoms with Crippen LogP contribution in [0.15, 0.2) is 42.5 Å². The molecule has 0 saturated carbocycles. The molecule has 0 heterocycles. The Morgan fingerprint density at radius 1 is 1.00 bits per heavy atom. The van der Waals surface area contributed by atoms with Crippen molar-refractivity contribution in [2.24, 2.45) is 5.84 Å². The lowest BCUT2D eigenvalue weighted by Crippen LogP contribution is -2.28. The first kappa shape index (κ1) is 16.1. The molecule has 0 bridgehead atoms. The van der Waals surface area contributed by atoms with Crippen molar-refractivity contribution in [3.05, 3.63) is 63.6 Å². The Hall–Kier alpha value is -1.26. The lowest BCUT2D eigenvalue weighted by molar-refractivity contribution is 0.242. The highest BCUT2D eigenvalue weighted by Gasteiger charge is 2.14. The second kappa shape index (κ2) is 7.14. The topological polar surface area (TPSA) is 47.3 Å². The number of nitrogens with one attached hydrogen (secondary N) is 1. The zero-order valence-electron chi connectivity index (χ0n) is 11.9. The fourth-order valence-corrected chi connectivity index (χ4v) is 2.42. The van der Waals surface area contributed by atoms with Crippen LogP contribution in [0.25, 0.3) is 0 Å². The van der Waals surface area contributed by atoms with Gasteiger partial charge >= 0.3 is 0 Å². The van der Waals surface area contributed by atoms with Crippen molar-refractivity contribution in [1.82, 2.24) is 5.43 Å². The molecule has 2 aromatic rings. The Morgan fingerprint density at radius 3 is 2.33 bits per heavy atom. The molecule has 5 heteroatoms. The SMILES string of the molecule is CC(C)Oc1cccc(C(NN)c2ccc(Cl)c(Cl)c2)c1. The van der Waals surface area contributed by atoms with Crippen LogP contribution in [0.3, 0.4) is 0 Å². The summed E-state index contributed by atoms with van der Waals surface area (Å²) in [4.78, 5) is 0. The Morgan fingerprint density at radius 2 is 1.71 bits per heavy atom. The van der Waals surface area contributed by atoms with Gasteiger partial charge in [-0.25, -0.2) is 5.43 Å². The highest BCUT2D eigenvalue weighted by molar-refractivity contribution is 6.42. The zero-order chi connectivity index (χ0) is 15.4. The summed E-state index contributed by atoms with van der Waals surface area (Å²) in [5, 5.41) is 1.03. The first-order valence-corrected chi connectivity index (χ1v) is 7.44. The summed E-state index contributed by atoms with van der Waals surface area (Å²) in [5.41, 5.74) is 4.74. The summed E-state index contributed by atoms with van der Waals surface area (Å²) in [6.45, 7) is 3.98. The summed E-state index contributed by atoms with van der Waals surface area (Å²) >= 11 is 12.0. The third-order valence-corrected chi connectivity index (χ3v) is 3.75. The van der Waals surface area contributed by atoms with Crippen LogP contribution in [-0.4, -0.2) is 6.10 Å². The number of hydrogen-bond acceptors (Lipinski definition) is 3. The summed E-state index contributed by atoms with van der Waals surface area (Å²) in [7, 11) is 0. The molecule has 3 N–H and O–H groups in total. The Labute approximate surface area is 135 Å². The molecule has 3 nitrogen and oxygen atoms in total. The number of nitrogens with two attached hydrogens (primary N) is 1. The molecule has 0 aliphatic rings. The van der Waals surface area contributed by atoms with E-state index in [1.165, 1.54) is 0 Å². The fraction of sp³-hybridized carbons (Fsp3) is 0.250. The van der Waals surface area contributed by atoms with Gasteiger partial charge in [0.1, 0.15) is 5.75 Å². The maximum atomic E-state index is 6.08. The van der Waals surface area contributed by atoms with Crippen LogP contribution >= 0.6 is 23.2 Å². The lowest BCUT2D eigenvalue weighted by Gasteiger charge is -2.19. The van der Waals surface area contributed by atoms with E-state index in [0.717, 1.165) is 16.9 Å². The molecule has 0 radical (unpaired) electrons. The van der Waals surface area contributed by atoms with Crippen molar-refractivity contribution in [3.8, 4) is 5.75 Å². The van der Waals surface area contributed by atoms with Gasteiger partial charge in [0.2, 0.25) is 0 Å². The number of rotatable bonds is 5. The minimum atomic E-state index is -0.185. The van der Waals surface area contributed by atoms with Crippen molar-refractivity contribution < 1.29 is 4.74 Å². The molecule has 2 rings (SSSR count). The van der Waals surface area contributed by atoms with Crippen LogP contribution in [0.5, 0.6) is 5.75 Å². The molecule has 2 aromatic carbocycles. The van der Waals surface area contributed by atoms with E-state index in [1.54, 1.807) is 6.07 Å². The summed E-state index contributed by atoms with van der Waals surface area (Å²) in [6.07, 6.45) is 0.120. The predicted octanol–water partition coefficient (Wildman–Crippen LogP) is 4.33. The van der Waals surface area contributed by atoms with Gasteiger partial charge in [-0.3, -0.25) is 5.84 Å². The van der Waals surface area contributed by atoms with Gasteiger partial charge in [0.05, 0.1) is 22.2 Å². The van der Waals surface area contributed by atoms with Crippen LogP contribution in [0.1, 0.15) is 31.0 Å². The van der Waals surface area contributed by atoms with Gasteiger partial charge in [-0.1, -0.05) is 41.4 Å². The molecule has 0 aliphatic heterocycles. The molecule has 0 fully saturated rings. The minimum Gasteiger partial charge on any atom is -0.491 e. The van der Waals surface area contributed by atoms with E-state index in [2.05, 4.69) is 5.43 Å². The second-order valence-electron chi connectivity index (χ2n) is 5.01. The molecule has 0 saturated heterocycles. The smallest absolute Gasteiger partial charge is 0.120 e. The molecular weight excluding hydrogens is 307 g/mol. The van der Waals surface area contributed by atoms with E-state index in [1.807, 2.05) is 50.2 Å². The van der Waals surface area contributed by atoms with Crippen molar-refractivity contribution in [2.75, 3.05) is 0 Å². The molecule has 112 valence electrons. The summed E-state index contributed by atoms with van der Waals surface area (Å²) < 4.78 is 5.71. The first-order chi connectivity index (χ1) is 10.0. The standard InChI is InChI=1S/C16H18Cl2N2O/c1-10(2)21-13-5-3-4-11(8-13)16(20-19)12-6-7-14(17)15(18)9-12/h3-10,16,20H,19H2,1-2H3. The van der Waals surface area contributed by atoms with Gasteiger partial charge < -0.3 is 4.74 Å². The normalized spacial score (nSPS) is 12.5. The van der Waals surface area contributed by atoms with Gasteiger partial charge in [0.25, 0.3) is 0 Å². The first-order valence-electron chi connectivity index (χ1n) is 6.69. The maximum Gasteiger partial charge on any atom is 0.120 e. The third-order valence-electron chi connectivity index (χ3n) is 3.01. The minimum absolute atomic E-state index is 0.120. The summed E-state index contributed by atoms with van der Waals surface area (Å²) in [5.74, 6) is 6.52. The van der Waals surface area contributed by atoms with Gasteiger partial charge in [0, 0.05) is 0 Å². The van der Waals surface area contributed by atoms with Crippen LogP contribution in [0.2, 0.25) is 10.0 Å². The fourth-order valence-electron chi connectivity index (χ4n) is 2.12. The number of hydrazine groups is 1. The molecular formula is C16H18Cl2N2O. The van der Waals surface area contributed by atoms with Crippen LogP contribution in [0, 0.1) is 0 Å². The van der Waals surface area contributed by atoms with Gasteiger partial charge in [-0.2, -0.15) is 0 Å². The molecule has 21 heavy (non-hydrogen) atoms. The van der Waals surface area contributed by atoms with Crippen LogP contribution < -0.4 is 16.0 Å². The molecule has 0 aliphatic carbocycles. The average molecular weight is 325 g/mol. The van der Waals surface area contributed by atoms with Crippen LogP contribution in [-0.2, 0) is 0 Å². The lowest BCUT2D eigenvalue weighted by atomic mass is 9.99. The number of ether oxygens (including phenoxy) is 1. The van der Waals surface area contributed by atoms with Gasteiger partial charge in [-0.15, -0.1) is 0 Å². The Bertz CT molecular complexity index is 617. The molecule has 0 amide bonds. The molecule has 1 unspecified atom stereocenters. The number of hydrogen-bond donors (Lipinski definition) is 2. The molecule has 1 atom stereocenters. The second-order valence-corrected chi connectivity index (χ2v) is 5.83. The Balaban J connectivity index is 2.34. The van der Waals surface area contributed by atoms with E-state index in [4.69, 9.17) is 33.8 Å². The van der Waals surface area contributed by atoms with Crippen LogP contribution in [0.4, 0.5) is 0 Å². The van der Waals surface area contributed by atoms with E-state index < -0.39 is 0 Å². The zero-order valence-corrected chi connectivity index (χ0v) is 13.4. The predicted molar refractivity (Wildman–Crippen MR) is 87.8 cm³/mol.